The number of aromatic amines is 1. The molecule has 0 aliphatic carbocycles. The second-order valence-corrected chi connectivity index (χ2v) is 7.01. The first-order valence-corrected chi connectivity index (χ1v) is 8.42. The minimum Gasteiger partial charge on any atom is -0.495 e. The van der Waals surface area contributed by atoms with Crippen LogP contribution in [0.15, 0.2) is 39.8 Å². The topological polar surface area (TPSA) is 100 Å². The average Bonchev–Trinajstić information content (AvgIpc) is 2.91. The minimum atomic E-state index is -3.95. The molecule has 1 heterocycles. The van der Waals surface area contributed by atoms with Crippen LogP contribution in [-0.4, -0.2) is 26.4 Å². The molecule has 22 heavy (non-hydrogen) atoms. The number of H-pyrrole nitrogens is 1. The maximum absolute atomic E-state index is 12.3. The Morgan fingerprint density at radius 1 is 1.32 bits per heavy atom. The van der Waals surface area contributed by atoms with E-state index in [1.54, 1.807) is 25.3 Å². The van der Waals surface area contributed by atoms with Crippen LogP contribution in [0.25, 0.3) is 0 Å². The molecule has 0 fully saturated rings. The van der Waals surface area contributed by atoms with Crippen molar-refractivity contribution >= 4 is 31.9 Å². The first kappa shape index (κ1) is 16.5. The molecule has 0 aliphatic heterocycles. The van der Waals surface area contributed by atoms with Crippen molar-refractivity contribution < 1.29 is 17.9 Å². The zero-order chi connectivity index (χ0) is 16.3. The number of sulfonamides is 1. The van der Waals surface area contributed by atoms with Crippen molar-refractivity contribution in [3.63, 3.8) is 0 Å². The Balaban J connectivity index is 2.18. The summed E-state index contributed by atoms with van der Waals surface area (Å²) in [5, 5.41) is 0. The molecule has 2 rings (SSSR count). The lowest BCUT2D eigenvalue weighted by molar-refractivity contribution is 0.0940. The van der Waals surface area contributed by atoms with Gasteiger partial charge in [0.25, 0.3) is 15.9 Å². The summed E-state index contributed by atoms with van der Waals surface area (Å²) in [7, 11) is -2.58. The van der Waals surface area contributed by atoms with E-state index in [0.29, 0.717) is 4.47 Å². The van der Waals surface area contributed by atoms with Crippen LogP contribution in [0.5, 0.6) is 5.75 Å². The van der Waals surface area contributed by atoms with Crippen LogP contribution in [0.4, 0.5) is 0 Å². The molecule has 9 heteroatoms. The van der Waals surface area contributed by atoms with Gasteiger partial charge in [0.15, 0.2) is 0 Å². The molecule has 118 valence electrons. The zero-order valence-corrected chi connectivity index (χ0v) is 14.2. The van der Waals surface area contributed by atoms with Gasteiger partial charge in [-0.25, -0.2) is 8.42 Å². The number of hydrazine groups is 1. The Morgan fingerprint density at radius 3 is 2.64 bits per heavy atom. The summed E-state index contributed by atoms with van der Waals surface area (Å²) in [6, 6.07) is 6.26. The molecule has 0 bridgehead atoms. The maximum Gasteiger partial charge on any atom is 0.282 e. The van der Waals surface area contributed by atoms with E-state index in [2.05, 4.69) is 26.3 Å². The zero-order valence-electron chi connectivity index (χ0n) is 11.8. The number of carbonyl (C=O) groups excluding carboxylic acids is 1. The van der Waals surface area contributed by atoms with Crippen molar-refractivity contribution in [3.05, 3.63) is 46.2 Å². The number of carbonyl (C=O) groups is 1. The number of ether oxygens (including phenoxy) is 1. The first-order chi connectivity index (χ1) is 10.3. The number of methoxy groups -OCH3 is 1. The van der Waals surface area contributed by atoms with E-state index < -0.39 is 15.9 Å². The summed E-state index contributed by atoms with van der Waals surface area (Å²) in [5.41, 5.74) is 3.10. The second kappa shape index (κ2) is 6.51. The fourth-order valence-corrected chi connectivity index (χ4v) is 3.17. The number of benzene rings is 1. The maximum atomic E-state index is 12.3. The van der Waals surface area contributed by atoms with E-state index in [1.165, 1.54) is 19.2 Å². The number of amides is 1. The van der Waals surface area contributed by atoms with Gasteiger partial charge in [0.05, 0.1) is 7.11 Å². The molecule has 0 spiro atoms. The van der Waals surface area contributed by atoms with Crippen LogP contribution in [0.2, 0.25) is 0 Å². The molecular weight excluding hydrogens is 374 g/mol. The average molecular weight is 388 g/mol. The van der Waals surface area contributed by atoms with E-state index in [0.717, 1.165) is 5.56 Å². The van der Waals surface area contributed by atoms with Gasteiger partial charge in [-0.05, 0) is 46.6 Å². The minimum absolute atomic E-state index is 0.0528. The largest absolute Gasteiger partial charge is 0.495 e. The monoisotopic (exact) mass is 387 g/mol. The highest BCUT2D eigenvalue weighted by molar-refractivity contribution is 9.10. The second-order valence-electron chi connectivity index (χ2n) is 4.45. The van der Waals surface area contributed by atoms with E-state index in [-0.39, 0.29) is 16.3 Å². The molecule has 2 aromatic rings. The predicted octanol–water partition coefficient (Wildman–Crippen LogP) is 1.72. The number of hydrogen-bond acceptors (Lipinski definition) is 4. The predicted molar refractivity (Wildman–Crippen MR) is 84.0 cm³/mol. The van der Waals surface area contributed by atoms with Gasteiger partial charge in [-0.3, -0.25) is 10.2 Å². The van der Waals surface area contributed by atoms with Crippen LogP contribution < -0.4 is 15.0 Å². The van der Waals surface area contributed by atoms with E-state index in [9.17, 15) is 13.2 Å². The van der Waals surface area contributed by atoms with E-state index in [4.69, 9.17) is 4.74 Å². The van der Waals surface area contributed by atoms with Crippen LogP contribution in [0.3, 0.4) is 0 Å². The number of nitrogens with one attached hydrogen (secondary N) is 3. The summed E-state index contributed by atoms with van der Waals surface area (Å²) in [6.45, 7) is 1.76. The summed E-state index contributed by atoms with van der Waals surface area (Å²) >= 11 is 3.19. The summed E-state index contributed by atoms with van der Waals surface area (Å²) in [4.78, 5) is 16.5. The molecule has 7 nitrogen and oxygen atoms in total. The van der Waals surface area contributed by atoms with Crippen molar-refractivity contribution in [1.82, 2.24) is 15.2 Å². The van der Waals surface area contributed by atoms with Crippen molar-refractivity contribution in [2.45, 2.75) is 11.8 Å². The van der Waals surface area contributed by atoms with Crippen molar-refractivity contribution in [3.8, 4) is 5.75 Å². The van der Waals surface area contributed by atoms with Gasteiger partial charge in [0.2, 0.25) is 0 Å². The molecule has 0 saturated carbocycles. The van der Waals surface area contributed by atoms with Crippen LogP contribution >= 0.6 is 15.9 Å². The van der Waals surface area contributed by atoms with Crippen molar-refractivity contribution in [2.75, 3.05) is 7.11 Å². The van der Waals surface area contributed by atoms with Crippen molar-refractivity contribution in [2.24, 2.45) is 0 Å². The molecule has 1 aromatic heterocycles. The third-order valence-electron chi connectivity index (χ3n) is 2.80. The summed E-state index contributed by atoms with van der Waals surface area (Å²) in [5.74, 6) is -0.420. The van der Waals surface area contributed by atoms with Gasteiger partial charge in [-0.15, -0.1) is 4.83 Å². The molecule has 0 radical (unpaired) electrons. The number of aryl methyl sites for hydroxylation is 1. The molecule has 0 unspecified atom stereocenters. The van der Waals surface area contributed by atoms with Gasteiger partial charge in [-0.2, -0.15) is 0 Å². The molecule has 0 saturated heterocycles. The number of hydrogen-bond donors (Lipinski definition) is 3. The molecular formula is C13H14BrN3O4S. The SMILES string of the molecule is COc1ccc(C)cc1S(=O)(=O)NNC(=O)c1cc(Br)c[nH]1. The Morgan fingerprint density at radius 2 is 2.05 bits per heavy atom. The van der Waals surface area contributed by atoms with Crippen LogP contribution in [0.1, 0.15) is 16.1 Å². The Bertz CT molecular complexity index is 801. The van der Waals surface area contributed by atoms with Gasteiger partial charge >= 0.3 is 0 Å². The lowest BCUT2D eigenvalue weighted by Crippen LogP contribution is -2.41. The smallest absolute Gasteiger partial charge is 0.282 e. The standard InChI is InChI=1S/C13H14BrN3O4S/c1-8-3-4-11(21-2)12(5-8)22(19,20)17-16-13(18)10-6-9(14)7-15-10/h3-7,15,17H,1-2H3,(H,16,18). The summed E-state index contributed by atoms with van der Waals surface area (Å²) in [6.07, 6.45) is 1.56. The van der Waals surface area contributed by atoms with Gasteiger partial charge < -0.3 is 9.72 Å². The third-order valence-corrected chi connectivity index (χ3v) is 4.53. The third kappa shape index (κ3) is 3.67. The molecule has 0 aliphatic rings. The van der Waals surface area contributed by atoms with E-state index in [1.807, 2.05) is 4.83 Å². The quantitative estimate of drug-likeness (QED) is 0.679. The Kier molecular flexibility index (Phi) is 4.89. The summed E-state index contributed by atoms with van der Waals surface area (Å²) < 4.78 is 30.3. The first-order valence-electron chi connectivity index (χ1n) is 6.14. The van der Waals surface area contributed by atoms with Crippen molar-refractivity contribution in [1.29, 1.82) is 0 Å². The van der Waals surface area contributed by atoms with Crippen LogP contribution in [0, 0.1) is 6.92 Å². The lowest BCUT2D eigenvalue weighted by atomic mass is 10.2. The van der Waals surface area contributed by atoms with Gasteiger partial charge in [-0.1, -0.05) is 6.07 Å². The van der Waals surface area contributed by atoms with Crippen LogP contribution in [-0.2, 0) is 10.0 Å². The Labute approximate surface area is 136 Å². The Hall–Kier alpha value is -1.84. The lowest BCUT2D eigenvalue weighted by Gasteiger charge is -2.11. The highest BCUT2D eigenvalue weighted by Gasteiger charge is 2.21. The number of aromatic nitrogens is 1. The number of rotatable bonds is 5. The molecule has 3 N–H and O–H groups in total. The fraction of sp³-hybridized carbons (Fsp3) is 0.154. The fourth-order valence-electron chi connectivity index (χ4n) is 1.73. The molecule has 1 aromatic carbocycles. The molecule has 1 amide bonds. The van der Waals surface area contributed by atoms with E-state index >= 15 is 0 Å². The molecule has 0 atom stereocenters. The number of halogens is 1. The normalized spacial score (nSPS) is 11.2. The van der Waals surface area contributed by atoms with Gasteiger partial charge in [0, 0.05) is 10.7 Å². The highest BCUT2D eigenvalue weighted by Crippen LogP contribution is 2.24. The highest BCUT2D eigenvalue weighted by atomic mass is 79.9. The van der Waals surface area contributed by atoms with Gasteiger partial charge in [0.1, 0.15) is 16.3 Å².